The van der Waals surface area contributed by atoms with Gasteiger partial charge in [-0.3, -0.25) is 4.79 Å². The van der Waals surface area contributed by atoms with Crippen LogP contribution in [0, 0.1) is 0 Å². The molecule has 0 aromatic heterocycles. The van der Waals surface area contributed by atoms with Crippen LogP contribution in [0.5, 0.6) is 0 Å². The lowest BCUT2D eigenvalue weighted by Gasteiger charge is -2.33. The summed E-state index contributed by atoms with van der Waals surface area (Å²) in [7, 11) is 1.66. The van der Waals surface area contributed by atoms with Crippen molar-refractivity contribution in [2.45, 2.75) is 69.4 Å². The molecule has 0 aromatic rings. The summed E-state index contributed by atoms with van der Waals surface area (Å²) in [4.78, 5) is 41.3. The molecular weight excluding hydrogens is 410 g/mol. The van der Waals surface area contributed by atoms with Crippen LogP contribution in [0.3, 0.4) is 0 Å². The summed E-state index contributed by atoms with van der Waals surface area (Å²) in [5.74, 6) is -0.425. The summed E-state index contributed by atoms with van der Waals surface area (Å²) in [5.41, 5.74) is 0.0164. The molecule has 3 rings (SSSR count). The third-order valence-corrected chi connectivity index (χ3v) is 6.53. The molecule has 1 saturated heterocycles. The zero-order valence-corrected chi connectivity index (χ0v) is 19.0. The maximum atomic E-state index is 13.5. The number of urea groups is 1. The van der Waals surface area contributed by atoms with E-state index in [1.807, 2.05) is 23.1 Å². The van der Waals surface area contributed by atoms with Gasteiger partial charge in [-0.05, 0) is 57.4 Å². The molecule has 1 atom stereocenters. The van der Waals surface area contributed by atoms with Crippen LogP contribution < -0.4 is 5.32 Å². The van der Waals surface area contributed by atoms with Gasteiger partial charge in [-0.2, -0.15) is 0 Å². The highest BCUT2D eigenvalue weighted by Crippen LogP contribution is 2.36. The number of carbonyl (C=O) groups is 3. The van der Waals surface area contributed by atoms with E-state index in [1.54, 1.807) is 12.0 Å². The van der Waals surface area contributed by atoms with E-state index in [1.165, 1.54) is 0 Å². The first-order valence-electron chi connectivity index (χ1n) is 11.5. The Balaban J connectivity index is 1.68. The van der Waals surface area contributed by atoms with Gasteiger partial charge in [0.15, 0.2) is 0 Å². The number of rotatable bonds is 11. The molecule has 0 aromatic carbocycles. The molecule has 8 nitrogen and oxygen atoms in total. The van der Waals surface area contributed by atoms with E-state index in [9.17, 15) is 19.5 Å². The van der Waals surface area contributed by atoms with Crippen LogP contribution in [0.2, 0.25) is 0 Å². The van der Waals surface area contributed by atoms with Crippen molar-refractivity contribution < 1.29 is 24.2 Å². The zero-order valence-electron chi connectivity index (χ0n) is 19.0. The number of nitrogens with zero attached hydrogens (tertiary/aromatic N) is 2. The molecule has 32 heavy (non-hydrogen) atoms. The highest BCUT2D eigenvalue weighted by molar-refractivity contribution is 5.93. The summed E-state index contributed by atoms with van der Waals surface area (Å²) < 4.78 is 5.30. The number of likely N-dealkylation sites (tertiary alicyclic amines) is 1. The molecule has 3 aliphatic rings. The fourth-order valence-electron chi connectivity index (χ4n) is 4.33. The van der Waals surface area contributed by atoms with Crippen molar-refractivity contribution in [3.8, 4) is 0 Å². The van der Waals surface area contributed by atoms with Gasteiger partial charge in [-0.1, -0.05) is 17.7 Å². The number of unbranched alkanes of at least 4 members (excludes halogenated alkanes) is 2. The molecule has 0 spiro atoms. The highest BCUT2D eigenvalue weighted by Gasteiger charge is 2.53. The van der Waals surface area contributed by atoms with E-state index in [-0.39, 0.29) is 11.9 Å². The minimum Gasteiger partial charge on any atom is -0.501 e. The summed E-state index contributed by atoms with van der Waals surface area (Å²) in [6.07, 6.45) is 12.4. The Kier molecular flexibility index (Phi) is 7.99. The van der Waals surface area contributed by atoms with Crippen molar-refractivity contribution >= 4 is 17.9 Å². The van der Waals surface area contributed by atoms with Crippen LogP contribution in [0.4, 0.5) is 4.79 Å². The number of carboxylic acids is 1. The second-order valence-electron chi connectivity index (χ2n) is 8.88. The Morgan fingerprint density at radius 2 is 2.09 bits per heavy atom. The number of methoxy groups -OCH3 is 1. The Labute approximate surface area is 190 Å². The average molecular weight is 446 g/mol. The van der Waals surface area contributed by atoms with Crippen molar-refractivity contribution in [1.82, 2.24) is 15.1 Å². The Morgan fingerprint density at radius 1 is 1.31 bits per heavy atom. The number of aliphatic carboxylic acids is 1. The molecular formula is C24H35N3O5. The van der Waals surface area contributed by atoms with Gasteiger partial charge in [0.05, 0.1) is 12.9 Å². The molecule has 176 valence electrons. The maximum absolute atomic E-state index is 13.5. The molecule has 3 amide bonds. The van der Waals surface area contributed by atoms with Gasteiger partial charge in [0.1, 0.15) is 11.6 Å². The Bertz CT molecular complexity index is 799. The molecule has 0 radical (unpaired) electrons. The van der Waals surface area contributed by atoms with Gasteiger partial charge in [-0.25, -0.2) is 9.59 Å². The average Bonchev–Trinajstić information content (AvgIpc) is 3.41. The van der Waals surface area contributed by atoms with E-state index in [2.05, 4.69) is 11.9 Å². The topological polar surface area (TPSA) is 99.2 Å². The fraction of sp³-hybridized carbons (Fsp3) is 0.625. The number of hydrogen-bond donors (Lipinski definition) is 2. The highest BCUT2D eigenvalue weighted by atomic mass is 16.5. The van der Waals surface area contributed by atoms with E-state index in [4.69, 9.17) is 4.74 Å². The van der Waals surface area contributed by atoms with Crippen molar-refractivity contribution in [2.24, 2.45) is 0 Å². The van der Waals surface area contributed by atoms with Gasteiger partial charge in [0, 0.05) is 26.1 Å². The molecule has 2 aliphatic carbocycles. The summed E-state index contributed by atoms with van der Waals surface area (Å²) in [6, 6.07) is -0.765. The number of amides is 3. The lowest BCUT2D eigenvalue weighted by Crippen LogP contribution is -2.54. The molecule has 2 N–H and O–H groups in total. The Hall–Kier alpha value is -2.77. The maximum Gasteiger partial charge on any atom is 0.329 e. The Morgan fingerprint density at radius 3 is 2.69 bits per heavy atom. The molecule has 1 heterocycles. The van der Waals surface area contributed by atoms with Gasteiger partial charge < -0.3 is 25.0 Å². The lowest BCUT2D eigenvalue weighted by atomic mass is 10.0. The molecule has 1 saturated carbocycles. The van der Waals surface area contributed by atoms with Crippen LogP contribution in [-0.2, 0) is 14.3 Å². The number of carbonyl (C=O) groups excluding carboxylic acids is 2. The predicted molar refractivity (Wildman–Crippen MR) is 121 cm³/mol. The van der Waals surface area contributed by atoms with Gasteiger partial charge in [0.25, 0.3) is 0 Å². The minimum atomic E-state index is -1.14. The minimum absolute atomic E-state index is 0.149. The first-order chi connectivity index (χ1) is 15.4. The fourth-order valence-corrected chi connectivity index (χ4v) is 4.33. The van der Waals surface area contributed by atoms with Crippen molar-refractivity contribution in [3.63, 3.8) is 0 Å². The summed E-state index contributed by atoms with van der Waals surface area (Å²) in [6.45, 7) is 5.39. The van der Waals surface area contributed by atoms with Crippen LogP contribution in [0.25, 0.3) is 0 Å². The number of nitrogens with one attached hydrogen (secondary N) is 1. The smallest absolute Gasteiger partial charge is 0.329 e. The van der Waals surface area contributed by atoms with Crippen molar-refractivity contribution in [1.29, 1.82) is 0 Å². The third kappa shape index (κ3) is 5.72. The third-order valence-electron chi connectivity index (χ3n) is 6.53. The van der Waals surface area contributed by atoms with Crippen LogP contribution >= 0.6 is 0 Å². The number of hydrogen-bond acceptors (Lipinski definition) is 4. The van der Waals surface area contributed by atoms with Crippen LogP contribution in [0.1, 0.15) is 57.8 Å². The van der Waals surface area contributed by atoms with E-state index in [0.29, 0.717) is 38.9 Å². The first kappa shape index (κ1) is 23.9. The monoisotopic (exact) mass is 445 g/mol. The van der Waals surface area contributed by atoms with Crippen LogP contribution in [-0.4, -0.2) is 71.1 Å². The van der Waals surface area contributed by atoms with Crippen LogP contribution in [0.15, 0.2) is 36.1 Å². The van der Waals surface area contributed by atoms with E-state index in [0.717, 1.165) is 49.9 Å². The lowest BCUT2D eigenvalue weighted by molar-refractivity contribution is -0.143. The molecule has 0 unspecified atom stereocenters. The summed E-state index contributed by atoms with van der Waals surface area (Å²) in [5, 5.41) is 12.1. The zero-order chi connectivity index (χ0) is 23.1. The standard InChI is InChI=1S/C24H35N3O5/c1-3-4-5-6-15-26(17-18-9-11-19(32-2)12-10-18)23(31)27-16-7-8-20(27)21(28)25-24(13-14-24)22(29)30/h3,9,11,20H,1,4-8,10,12-17H2,2H3,(H,25,28)(H,29,30)/t20-/m0/s1. The predicted octanol–water partition coefficient (Wildman–Crippen LogP) is 3.21. The van der Waals surface area contributed by atoms with Gasteiger partial charge in [0.2, 0.25) is 5.91 Å². The second-order valence-corrected chi connectivity index (χ2v) is 8.88. The normalized spacial score (nSPS) is 21.3. The first-order valence-corrected chi connectivity index (χ1v) is 11.5. The van der Waals surface area contributed by atoms with Gasteiger partial charge >= 0.3 is 12.0 Å². The van der Waals surface area contributed by atoms with Gasteiger partial charge in [-0.15, -0.1) is 6.58 Å². The molecule has 8 heteroatoms. The van der Waals surface area contributed by atoms with E-state index < -0.39 is 17.6 Å². The number of carboxylic acid groups (broad SMARTS) is 1. The molecule has 0 bridgehead atoms. The number of allylic oxidation sites excluding steroid dienone is 4. The van der Waals surface area contributed by atoms with Crippen molar-refractivity contribution in [3.05, 3.63) is 36.1 Å². The molecule has 1 aliphatic heterocycles. The van der Waals surface area contributed by atoms with Crippen molar-refractivity contribution in [2.75, 3.05) is 26.7 Å². The molecule has 2 fully saturated rings. The second kappa shape index (κ2) is 10.7. The SMILES string of the molecule is C=CCCCCN(CC1=CC=C(OC)CC1)C(=O)N1CCC[C@H]1C(=O)NC1(C(=O)O)CC1. The van der Waals surface area contributed by atoms with E-state index >= 15 is 0 Å². The quantitative estimate of drug-likeness (QED) is 0.376. The largest absolute Gasteiger partial charge is 0.501 e. The number of ether oxygens (including phenoxy) is 1. The summed E-state index contributed by atoms with van der Waals surface area (Å²) >= 11 is 0.